The van der Waals surface area contributed by atoms with E-state index in [-0.39, 0.29) is 11.5 Å². The molecule has 0 aromatic heterocycles. The van der Waals surface area contributed by atoms with E-state index in [4.69, 9.17) is 5.73 Å². The van der Waals surface area contributed by atoms with Gasteiger partial charge in [0.2, 0.25) is 0 Å². The van der Waals surface area contributed by atoms with Gasteiger partial charge in [-0.15, -0.1) is 0 Å². The summed E-state index contributed by atoms with van der Waals surface area (Å²) in [5.74, 6) is -0.768. The summed E-state index contributed by atoms with van der Waals surface area (Å²) < 4.78 is 13.4. The van der Waals surface area contributed by atoms with Crippen molar-refractivity contribution in [3.8, 4) is 0 Å². The Bertz CT molecular complexity index is 349. The average molecular weight is 224 g/mol. The highest BCUT2D eigenvalue weighted by molar-refractivity contribution is 5.94. The minimum Gasteiger partial charge on any atom is -0.337 e. The van der Waals surface area contributed by atoms with Crippen molar-refractivity contribution in [1.82, 2.24) is 4.90 Å². The minimum absolute atomic E-state index is 0.115. The number of benzene rings is 1. The van der Waals surface area contributed by atoms with Crippen molar-refractivity contribution in [1.29, 1.82) is 0 Å². The van der Waals surface area contributed by atoms with Crippen molar-refractivity contribution in [2.75, 3.05) is 19.6 Å². The Labute approximate surface area is 95.0 Å². The van der Waals surface area contributed by atoms with Gasteiger partial charge in [0.15, 0.2) is 0 Å². The fraction of sp³-hybridized carbons (Fsp3) is 0.417. The van der Waals surface area contributed by atoms with Crippen LogP contribution in [0, 0.1) is 5.82 Å². The highest BCUT2D eigenvalue weighted by Gasteiger charge is 2.17. The predicted molar refractivity (Wildman–Crippen MR) is 61.6 cm³/mol. The summed E-state index contributed by atoms with van der Waals surface area (Å²) in [6, 6.07) is 6.01. The SMILES string of the molecule is CCCN(CCN)C(=O)c1ccccc1F. The molecule has 1 aromatic rings. The van der Waals surface area contributed by atoms with Gasteiger partial charge in [0.25, 0.3) is 5.91 Å². The Morgan fingerprint density at radius 3 is 2.62 bits per heavy atom. The van der Waals surface area contributed by atoms with Gasteiger partial charge in [-0.2, -0.15) is 0 Å². The van der Waals surface area contributed by atoms with E-state index in [1.54, 1.807) is 17.0 Å². The summed E-state index contributed by atoms with van der Waals surface area (Å²) >= 11 is 0. The Morgan fingerprint density at radius 1 is 1.38 bits per heavy atom. The number of hydrogen-bond donors (Lipinski definition) is 1. The first-order valence-corrected chi connectivity index (χ1v) is 5.44. The van der Waals surface area contributed by atoms with Crippen LogP contribution in [0.3, 0.4) is 0 Å². The third kappa shape index (κ3) is 3.03. The highest BCUT2D eigenvalue weighted by Crippen LogP contribution is 2.10. The van der Waals surface area contributed by atoms with Crippen LogP contribution in [0.1, 0.15) is 23.7 Å². The number of halogens is 1. The van der Waals surface area contributed by atoms with Crippen LogP contribution in [0.25, 0.3) is 0 Å². The molecule has 0 radical (unpaired) electrons. The number of rotatable bonds is 5. The zero-order chi connectivity index (χ0) is 12.0. The topological polar surface area (TPSA) is 46.3 Å². The summed E-state index contributed by atoms with van der Waals surface area (Å²) in [6.07, 6.45) is 0.834. The minimum atomic E-state index is -0.481. The highest BCUT2D eigenvalue weighted by atomic mass is 19.1. The van der Waals surface area contributed by atoms with E-state index in [1.165, 1.54) is 12.1 Å². The van der Waals surface area contributed by atoms with Gasteiger partial charge in [0, 0.05) is 19.6 Å². The van der Waals surface area contributed by atoms with Gasteiger partial charge in [-0.25, -0.2) is 4.39 Å². The molecule has 0 heterocycles. The second-order valence-electron chi connectivity index (χ2n) is 3.56. The molecule has 0 unspecified atom stereocenters. The van der Waals surface area contributed by atoms with E-state index < -0.39 is 5.82 Å². The first-order chi connectivity index (χ1) is 7.70. The Hall–Kier alpha value is -1.42. The van der Waals surface area contributed by atoms with Gasteiger partial charge in [-0.3, -0.25) is 4.79 Å². The van der Waals surface area contributed by atoms with Gasteiger partial charge < -0.3 is 10.6 Å². The summed E-state index contributed by atoms with van der Waals surface area (Å²) in [7, 11) is 0. The van der Waals surface area contributed by atoms with Crippen LogP contribution in [0.4, 0.5) is 4.39 Å². The molecular weight excluding hydrogens is 207 g/mol. The molecule has 0 atom stereocenters. The molecule has 1 amide bonds. The molecule has 0 spiro atoms. The third-order valence-electron chi connectivity index (χ3n) is 2.28. The Balaban J connectivity index is 2.85. The molecule has 2 N–H and O–H groups in total. The number of carbonyl (C=O) groups excluding carboxylic acids is 1. The van der Waals surface area contributed by atoms with Crippen molar-refractivity contribution < 1.29 is 9.18 Å². The molecule has 0 aliphatic carbocycles. The van der Waals surface area contributed by atoms with E-state index in [0.29, 0.717) is 19.6 Å². The van der Waals surface area contributed by atoms with E-state index in [0.717, 1.165) is 6.42 Å². The molecule has 0 bridgehead atoms. The van der Waals surface area contributed by atoms with Crippen LogP contribution in [0.15, 0.2) is 24.3 Å². The standard InChI is InChI=1S/C12H17FN2O/c1-2-8-15(9-7-14)12(16)10-5-3-4-6-11(10)13/h3-6H,2,7-9,14H2,1H3. The van der Waals surface area contributed by atoms with Crippen molar-refractivity contribution in [3.05, 3.63) is 35.6 Å². The van der Waals surface area contributed by atoms with Crippen LogP contribution in [0.2, 0.25) is 0 Å². The van der Waals surface area contributed by atoms with Crippen LogP contribution in [-0.2, 0) is 0 Å². The van der Waals surface area contributed by atoms with E-state index in [2.05, 4.69) is 0 Å². The lowest BCUT2D eigenvalue weighted by molar-refractivity contribution is 0.0755. The number of amides is 1. The van der Waals surface area contributed by atoms with Gasteiger partial charge in [-0.05, 0) is 18.6 Å². The molecule has 88 valence electrons. The number of hydrogen-bond acceptors (Lipinski definition) is 2. The molecule has 4 heteroatoms. The number of carbonyl (C=O) groups is 1. The lowest BCUT2D eigenvalue weighted by Gasteiger charge is -2.21. The van der Waals surface area contributed by atoms with Crippen molar-refractivity contribution >= 4 is 5.91 Å². The number of nitrogens with zero attached hydrogens (tertiary/aromatic N) is 1. The largest absolute Gasteiger partial charge is 0.337 e. The zero-order valence-corrected chi connectivity index (χ0v) is 9.45. The van der Waals surface area contributed by atoms with Gasteiger partial charge in [0.1, 0.15) is 5.82 Å². The fourth-order valence-corrected chi connectivity index (χ4v) is 1.55. The fourth-order valence-electron chi connectivity index (χ4n) is 1.55. The van der Waals surface area contributed by atoms with Gasteiger partial charge >= 0.3 is 0 Å². The molecule has 0 saturated heterocycles. The number of nitrogens with two attached hydrogens (primary N) is 1. The van der Waals surface area contributed by atoms with Crippen LogP contribution >= 0.6 is 0 Å². The first-order valence-electron chi connectivity index (χ1n) is 5.44. The maximum Gasteiger partial charge on any atom is 0.256 e. The predicted octanol–water partition coefficient (Wildman–Crippen LogP) is 1.64. The second kappa shape index (κ2) is 6.23. The molecule has 3 nitrogen and oxygen atoms in total. The van der Waals surface area contributed by atoms with Crippen LogP contribution in [-0.4, -0.2) is 30.4 Å². The van der Waals surface area contributed by atoms with Crippen molar-refractivity contribution in [2.45, 2.75) is 13.3 Å². The summed E-state index contributed by atoms with van der Waals surface area (Å²) in [4.78, 5) is 13.6. The Morgan fingerprint density at radius 2 is 2.06 bits per heavy atom. The summed E-state index contributed by atoms with van der Waals surface area (Å²) in [5, 5.41) is 0. The third-order valence-corrected chi connectivity index (χ3v) is 2.28. The zero-order valence-electron chi connectivity index (χ0n) is 9.45. The normalized spacial score (nSPS) is 10.2. The quantitative estimate of drug-likeness (QED) is 0.826. The Kier molecular flexibility index (Phi) is 4.92. The van der Waals surface area contributed by atoms with E-state index in [1.807, 2.05) is 6.92 Å². The molecular formula is C12H17FN2O. The maximum absolute atomic E-state index is 13.4. The lowest BCUT2D eigenvalue weighted by atomic mass is 10.2. The summed E-state index contributed by atoms with van der Waals surface area (Å²) in [5.41, 5.74) is 5.54. The van der Waals surface area contributed by atoms with Crippen molar-refractivity contribution in [3.63, 3.8) is 0 Å². The van der Waals surface area contributed by atoms with Crippen LogP contribution < -0.4 is 5.73 Å². The van der Waals surface area contributed by atoms with E-state index in [9.17, 15) is 9.18 Å². The average Bonchev–Trinajstić information content (AvgIpc) is 2.28. The molecule has 0 aliphatic heterocycles. The molecule has 0 saturated carbocycles. The molecule has 1 rings (SSSR count). The molecule has 0 aliphatic rings. The molecule has 1 aromatic carbocycles. The molecule has 0 fully saturated rings. The molecule has 16 heavy (non-hydrogen) atoms. The van der Waals surface area contributed by atoms with Crippen molar-refractivity contribution in [2.24, 2.45) is 5.73 Å². The van der Waals surface area contributed by atoms with Gasteiger partial charge in [-0.1, -0.05) is 19.1 Å². The lowest BCUT2D eigenvalue weighted by Crippen LogP contribution is -2.36. The van der Waals surface area contributed by atoms with Gasteiger partial charge in [0.05, 0.1) is 5.56 Å². The second-order valence-corrected chi connectivity index (χ2v) is 3.56. The smallest absolute Gasteiger partial charge is 0.256 e. The summed E-state index contributed by atoms with van der Waals surface area (Å²) in [6.45, 7) is 3.42. The van der Waals surface area contributed by atoms with Crippen LogP contribution in [0.5, 0.6) is 0 Å². The van der Waals surface area contributed by atoms with E-state index >= 15 is 0 Å². The first kappa shape index (κ1) is 12.6. The maximum atomic E-state index is 13.4. The monoisotopic (exact) mass is 224 g/mol.